The van der Waals surface area contributed by atoms with E-state index in [0.717, 1.165) is 0 Å². The summed E-state index contributed by atoms with van der Waals surface area (Å²) in [5, 5.41) is 19.1. The average molecular weight is 306 g/mol. The van der Waals surface area contributed by atoms with E-state index < -0.39 is 22.8 Å². The van der Waals surface area contributed by atoms with Crippen molar-refractivity contribution in [1.82, 2.24) is 0 Å². The van der Waals surface area contributed by atoms with Crippen molar-refractivity contribution in [1.29, 1.82) is 0 Å². The van der Waals surface area contributed by atoms with Gasteiger partial charge < -0.3 is 10.2 Å². The van der Waals surface area contributed by atoms with Crippen molar-refractivity contribution in [3.8, 4) is 0 Å². The van der Waals surface area contributed by atoms with Crippen LogP contribution in [-0.2, 0) is 20.4 Å². The fraction of sp³-hybridized carbons (Fsp3) is 0.556. The van der Waals surface area contributed by atoms with E-state index in [9.17, 15) is 19.8 Å². The number of carboxylic acid groups (broad SMARTS) is 2. The molecule has 0 bridgehead atoms. The van der Waals surface area contributed by atoms with Crippen LogP contribution in [0.1, 0.15) is 52.7 Å². The van der Waals surface area contributed by atoms with Crippen LogP contribution in [0.5, 0.6) is 0 Å². The topological polar surface area (TPSA) is 74.6 Å². The molecule has 0 aromatic heterocycles. The highest BCUT2D eigenvalue weighted by molar-refractivity contribution is 5.83. The van der Waals surface area contributed by atoms with Crippen molar-refractivity contribution in [2.75, 3.05) is 0 Å². The smallest absolute Gasteiger partial charge is 0.314 e. The average Bonchev–Trinajstić information content (AvgIpc) is 2.44. The SMILES string of the molecule is CC(C)C(C)(C(=O)O)c1ccc(C(C)(C(=O)O)C(C)C)cc1. The van der Waals surface area contributed by atoms with Gasteiger partial charge in [0, 0.05) is 0 Å². The molecule has 0 aliphatic heterocycles. The van der Waals surface area contributed by atoms with Crippen molar-refractivity contribution in [3.05, 3.63) is 35.4 Å². The van der Waals surface area contributed by atoms with E-state index in [1.165, 1.54) is 0 Å². The Morgan fingerprint density at radius 1 is 0.773 bits per heavy atom. The van der Waals surface area contributed by atoms with Crippen LogP contribution >= 0.6 is 0 Å². The molecule has 0 saturated carbocycles. The first-order valence-electron chi connectivity index (χ1n) is 7.56. The Labute approximate surface area is 132 Å². The summed E-state index contributed by atoms with van der Waals surface area (Å²) in [5.74, 6) is -1.90. The van der Waals surface area contributed by atoms with Crippen molar-refractivity contribution in [2.24, 2.45) is 11.8 Å². The summed E-state index contributed by atoms with van der Waals surface area (Å²) < 4.78 is 0. The number of carbonyl (C=O) groups is 2. The molecule has 0 radical (unpaired) electrons. The lowest BCUT2D eigenvalue weighted by Crippen LogP contribution is -2.39. The van der Waals surface area contributed by atoms with E-state index in [1.807, 2.05) is 27.7 Å². The molecule has 2 N–H and O–H groups in total. The van der Waals surface area contributed by atoms with Gasteiger partial charge in [0.2, 0.25) is 0 Å². The maximum atomic E-state index is 11.7. The fourth-order valence-electron chi connectivity index (χ4n) is 2.57. The number of hydrogen-bond acceptors (Lipinski definition) is 2. The lowest BCUT2D eigenvalue weighted by molar-refractivity contribution is -0.146. The van der Waals surface area contributed by atoms with Gasteiger partial charge in [-0.3, -0.25) is 9.59 Å². The van der Waals surface area contributed by atoms with Gasteiger partial charge in [-0.15, -0.1) is 0 Å². The van der Waals surface area contributed by atoms with Gasteiger partial charge in [-0.2, -0.15) is 0 Å². The molecule has 0 aliphatic carbocycles. The van der Waals surface area contributed by atoms with E-state index >= 15 is 0 Å². The third kappa shape index (κ3) is 2.74. The predicted molar refractivity (Wildman–Crippen MR) is 86.1 cm³/mol. The summed E-state index contributed by atoms with van der Waals surface area (Å²) in [4.78, 5) is 23.3. The molecule has 0 fully saturated rings. The fourth-order valence-corrected chi connectivity index (χ4v) is 2.57. The molecule has 0 amide bonds. The summed E-state index contributed by atoms with van der Waals surface area (Å²) in [6.07, 6.45) is 0. The van der Waals surface area contributed by atoms with Gasteiger partial charge in [0.15, 0.2) is 0 Å². The summed E-state index contributed by atoms with van der Waals surface area (Å²) in [6.45, 7) is 10.9. The van der Waals surface area contributed by atoms with Gasteiger partial charge in [-0.1, -0.05) is 52.0 Å². The molecule has 1 aromatic carbocycles. The molecule has 1 aromatic rings. The Bertz CT molecular complexity index is 508. The van der Waals surface area contributed by atoms with Gasteiger partial charge in [0.25, 0.3) is 0 Å². The zero-order valence-electron chi connectivity index (χ0n) is 14.2. The van der Waals surface area contributed by atoms with Crippen LogP contribution in [-0.4, -0.2) is 22.2 Å². The van der Waals surface area contributed by atoms with Crippen LogP contribution in [0.15, 0.2) is 24.3 Å². The minimum Gasteiger partial charge on any atom is -0.481 e. The quantitative estimate of drug-likeness (QED) is 0.840. The first-order valence-corrected chi connectivity index (χ1v) is 7.56. The Morgan fingerprint density at radius 2 is 1.00 bits per heavy atom. The Balaban J connectivity index is 3.36. The maximum absolute atomic E-state index is 11.7. The van der Waals surface area contributed by atoms with E-state index in [-0.39, 0.29) is 11.8 Å². The zero-order valence-corrected chi connectivity index (χ0v) is 14.2. The van der Waals surface area contributed by atoms with E-state index in [2.05, 4.69) is 0 Å². The number of rotatable bonds is 6. The zero-order chi connectivity index (χ0) is 17.3. The lowest BCUT2D eigenvalue weighted by Gasteiger charge is -2.32. The number of aliphatic carboxylic acids is 2. The third-order valence-electron chi connectivity index (χ3n) is 5.28. The molecular formula is C18H26O4. The summed E-state index contributed by atoms with van der Waals surface area (Å²) in [7, 11) is 0. The van der Waals surface area contributed by atoms with Crippen LogP contribution in [0, 0.1) is 11.8 Å². The van der Waals surface area contributed by atoms with E-state index in [0.29, 0.717) is 11.1 Å². The lowest BCUT2D eigenvalue weighted by atomic mass is 9.70. The second-order valence-electron chi connectivity index (χ2n) is 6.90. The molecule has 0 spiro atoms. The van der Waals surface area contributed by atoms with Gasteiger partial charge in [-0.05, 0) is 36.8 Å². The van der Waals surface area contributed by atoms with Crippen molar-refractivity contribution in [3.63, 3.8) is 0 Å². The molecule has 1 rings (SSSR count). The highest BCUT2D eigenvalue weighted by Gasteiger charge is 2.41. The van der Waals surface area contributed by atoms with Crippen molar-refractivity contribution >= 4 is 11.9 Å². The number of carboxylic acids is 2. The molecule has 0 aliphatic rings. The van der Waals surface area contributed by atoms with Crippen LogP contribution < -0.4 is 0 Å². The standard InChI is InChI=1S/C18H26O4/c1-11(2)17(5,15(19)20)13-7-9-14(10-8-13)18(6,12(3)4)16(21)22/h7-12H,1-6H3,(H,19,20)(H,21,22). The predicted octanol–water partition coefficient (Wildman–Crippen LogP) is 3.68. The normalized spacial score (nSPS) is 17.1. The first kappa shape index (κ1) is 18.2. The number of benzene rings is 1. The third-order valence-corrected chi connectivity index (χ3v) is 5.28. The molecule has 22 heavy (non-hydrogen) atoms. The van der Waals surface area contributed by atoms with E-state index in [1.54, 1.807) is 38.1 Å². The molecule has 0 saturated heterocycles. The second-order valence-corrected chi connectivity index (χ2v) is 6.90. The van der Waals surface area contributed by atoms with Gasteiger partial charge >= 0.3 is 11.9 Å². The van der Waals surface area contributed by atoms with Gasteiger partial charge in [0.05, 0.1) is 10.8 Å². The summed E-state index contributed by atoms with van der Waals surface area (Å²) in [6, 6.07) is 6.97. The maximum Gasteiger partial charge on any atom is 0.314 e. The Morgan fingerprint density at radius 3 is 1.14 bits per heavy atom. The minimum atomic E-state index is -0.990. The Hall–Kier alpha value is -1.84. The van der Waals surface area contributed by atoms with Crippen LogP contribution in [0.3, 0.4) is 0 Å². The largest absolute Gasteiger partial charge is 0.481 e. The molecule has 2 unspecified atom stereocenters. The molecular weight excluding hydrogens is 280 g/mol. The molecule has 2 atom stereocenters. The van der Waals surface area contributed by atoms with Crippen molar-refractivity contribution in [2.45, 2.75) is 52.4 Å². The highest BCUT2D eigenvalue weighted by Crippen LogP contribution is 2.36. The summed E-state index contributed by atoms with van der Waals surface area (Å²) in [5.41, 5.74) is -0.600. The van der Waals surface area contributed by atoms with Crippen LogP contribution in [0.2, 0.25) is 0 Å². The van der Waals surface area contributed by atoms with Gasteiger partial charge in [0.1, 0.15) is 0 Å². The van der Waals surface area contributed by atoms with Gasteiger partial charge in [-0.25, -0.2) is 0 Å². The van der Waals surface area contributed by atoms with Crippen molar-refractivity contribution < 1.29 is 19.8 Å². The van der Waals surface area contributed by atoms with Crippen LogP contribution in [0.4, 0.5) is 0 Å². The molecule has 122 valence electrons. The van der Waals surface area contributed by atoms with E-state index in [4.69, 9.17) is 0 Å². The molecule has 4 heteroatoms. The molecule has 0 heterocycles. The second kappa shape index (κ2) is 6.11. The highest BCUT2D eigenvalue weighted by atomic mass is 16.4. The first-order chi connectivity index (χ1) is 9.98. The minimum absolute atomic E-state index is 0.0770. The summed E-state index contributed by atoms with van der Waals surface area (Å²) >= 11 is 0. The molecule has 4 nitrogen and oxygen atoms in total. The van der Waals surface area contributed by atoms with Crippen LogP contribution in [0.25, 0.3) is 0 Å². The Kier molecular flexibility index (Phi) is 5.06. The monoisotopic (exact) mass is 306 g/mol. The number of hydrogen-bond donors (Lipinski definition) is 2.